The molecule has 3 rings (SSSR count). The highest BCUT2D eigenvalue weighted by atomic mass is 16.3. The van der Waals surface area contributed by atoms with Gasteiger partial charge in [0.1, 0.15) is 29.8 Å². The number of carbonyl (C=O) groups is 5. The predicted octanol–water partition coefficient (Wildman–Crippen LogP) is 1.16. The molecule has 39 heavy (non-hydrogen) atoms. The minimum atomic E-state index is -1.30. The van der Waals surface area contributed by atoms with Gasteiger partial charge < -0.3 is 26.0 Å². The highest BCUT2D eigenvalue weighted by Crippen LogP contribution is 2.22. The summed E-state index contributed by atoms with van der Waals surface area (Å²) in [7, 11) is 0. The van der Waals surface area contributed by atoms with Crippen molar-refractivity contribution in [1.82, 2.24) is 20.9 Å². The Morgan fingerprint density at radius 3 is 2.51 bits per heavy atom. The normalized spacial score (nSPS) is 27.2. The maximum absolute atomic E-state index is 13.7. The Kier molecular flexibility index (Phi) is 10.4. The lowest BCUT2D eigenvalue weighted by atomic mass is 9.94. The molecule has 4 amide bonds. The summed E-state index contributed by atoms with van der Waals surface area (Å²) in [5, 5.41) is 17.8. The first-order valence-electron chi connectivity index (χ1n) is 13.7. The van der Waals surface area contributed by atoms with E-state index in [0.29, 0.717) is 32.2 Å². The van der Waals surface area contributed by atoms with Gasteiger partial charge in [-0.3, -0.25) is 24.0 Å². The molecule has 5 atom stereocenters. The third-order valence-electron chi connectivity index (χ3n) is 7.52. The fraction of sp³-hybridized carbons (Fsp3) is 0.552. The van der Waals surface area contributed by atoms with Crippen LogP contribution in [0.1, 0.15) is 64.9 Å². The molecule has 2 aliphatic heterocycles. The summed E-state index contributed by atoms with van der Waals surface area (Å²) in [6, 6.07) is 6.81. The molecular weight excluding hydrogens is 500 g/mol. The van der Waals surface area contributed by atoms with Crippen molar-refractivity contribution in [3.63, 3.8) is 0 Å². The van der Waals surface area contributed by atoms with Crippen LogP contribution < -0.4 is 16.0 Å². The second-order valence-electron chi connectivity index (χ2n) is 10.6. The van der Waals surface area contributed by atoms with Gasteiger partial charge in [-0.1, -0.05) is 43.3 Å². The molecule has 1 aromatic carbocycles. The van der Waals surface area contributed by atoms with Crippen molar-refractivity contribution in [1.29, 1.82) is 0 Å². The van der Waals surface area contributed by atoms with Crippen LogP contribution in [0.15, 0.2) is 42.5 Å². The van der Waals surface area contributed by atoms with Gasteiger partial charge in [0.25, 0.3) is 0 Å². The molecule has 2 fully saturated rings. The molecule has 2 heterocycles. The van der Waals surface area contributed by atoms with Gasteiger partial charge in [0.2, 0.25) is 23.6 Å². The highest BCUT2D eigenvalue weighted by molar-refractivity contribution is 5.99. The second kappa shape index (κ2) is 13.5. The molecule has 0 saturated carbocycles. The number of aliphatic hydroxyl groups is 1. The molecule has 212 valence electrons. The zero-order valence-electron chi connectivity index (χ0n) is 22.9. The van der Waals surface area contributed by atoms with Crippen LogP contribution in [0, 0.1) is 0 Å². The first-order chi connectivity index (χ1) is 18.6. The van der Waals surface area contributed by atoms with E-state index in [2.05, 4.69) is 16.0 Å². The zero-order chi connectivity index (χ0) is 28.6. The Morgan fingerprint density at radius 2 is 1.85 bits per heavy atom. The van der Waals surface area contributed by atoms with Gasteiger partial charge in [-0.05, 0) is 64.0 Å². The zero-order valence-corrected chi connectivity index (χ0v) is 22.9. The van der Waals surface area contributed by atoms with E-state index in [-0.39, 0.29) is 25.2 Å². The Morgan fingerprint density at radius 1 is 1.13 bits per heavy atom. The molecule has 10 nitrogen and oxygen atoms in total. The highest BCUT2D eigenvalue weighted by Gasteiger charge is 2.43. The van der Waals surface area contributed by atoms with Crippen molar-refractivity contribution in [3.8, 4) is 0 Å². The minimum Gasteiger partial charge on any atom is -0.385 e. The quantitative estimate of drug-likeness (QED) is 0.273. The molecule has 4 N–H and O–H groups in total. The first-order valence-corrected chi connectivity index (χ1v) is 13.7. The molecule has 0 spiro atoms. The number of fused-ring (bicyclic) bond motifs is 1. The monoisotopic (exact) mass is 540 g/mol. The van der Waals surface area contributed by atoms with Crippen molar-refractivity contribution >= 4 is 29.4 Å². The number of aliphatic hydroxyl groups excluding tert-OH is 1. The van der Waals surface area contributed by atoms with E-state index in [1.165, 1.54) is 17.9 Å². The van der Waals surface area contributed by atoms with Crippen LogP contribution in [0.25, 0.3) is 0 Å². The van der Waals surface area contributed by atoms with Crippen LogP contribution in [0.3, 0.4) is 0 Å². The number of nitrogens with zero attached hydrogens (tertiary/aromatic N) is 1. The Balaban J connectivity index is 1.84. The van der Waals surface area contributed by atoms with E-state index in [9.17, 15) is 29.1 Å². The van der Waals surface area contributed by atoms with Gasteiger partial charge in [0.05, 0.1) is 0 Å². The number of nitrogens with one attached hydrogen (secondary N) is 3. The lowest BCUT2D eigenvalue weighted by Crippen LogP contribution is -2.65. The molecule has 2 aliphatic rings. The Labute approximate surface area is 229 Å². The van der Waals surface area contributed by atoms with Crippen LogP contribution in [-0.2, 0) is 30.4 Å². The van der Waals surface area contributed by atoms with E-state index >= 15 is 0 Å². The van der Waals surface area contributed by atoms with Gasteiger partial charge in [-0.15, -0.1) is 0 Å². The van der Waals surface area contributed by atoms with E-state index in [1.54, 1.807) is 19.9 Å². The lowest BCUT2D eigenvalue weighted by molar-refractivity contribution is -0.144. The van der Waals surface area contributed by atoms with E-state index < -0.39 is 53.3 Å². The van der Waals surface area contributed by atoms with E-state index in [4.69, 9.17) is 0 Å². The van der Waals surface area contributed by atoms with E-state index in [1.807, 2.05) is 30.3 Å². The number of rotatable bonds is 9. The third-order valence-corrected chi connectivity index (χ3v) is 7.52. The minimum absolute atomic E-state index is 0.262. The van der Waals surface area contributed by atoms with Crippen molar-refractivity contribution in [2.45, 2.75) is 95.5 Å². The molecule has 0 aliphatic carbocycles. The largest absolute Gasteiger partial charge is 0.385 e. The summed E-state index contributed by atoms with van der Waals surface area (Å²) < 4.78 is 0. The maximum atomic E-state index is 13.7. The molecule has 0 unspecified atom stereocenters. The van der Waals surface area contributed by atoms with Crippen molar-refractivity contribution in [2.24, 2.45) is 0 Å². The molecule has 0 bridgehead atoms. The number of hydrogen-bond donors (Lipinski definition) is 4. The lowest BCUT2D eigenvalue weighted by Gasteiger charge is -2.35. The van der Waals surface area contributed by atoms with Gasteiger partial charge in [0.15, 0.2) is 5.78 Å². The Bertz CT molecular complexity index is 1090. The first kappa shape index (κ1) is 30.0. The van der Waals surface area contributed by atoms with Gasteiger partial charge in [-0.25, -0.2) is 0 Å². The fourth-order valence-electron chi connectivity index (χ4n) is 4.85. The van der Waals surface area contributed by atoms with Crippen molar-refractivity contribution in [2.75, 3.05) is 6.54 Å². The number of hydrogen-bond acceptors (Lipinski definition) is 6. The number of unbranched alkanes of at least 4 members (excludes halogenated alkanes) is 1. The summed E-state index contributed by atoms with van der Waals surface area (Å²) in [6.45, 7) is 5.16. The number of allylic oxidation sites excluding steroid dienone is 1. The standard InChI is InChI=1S/C29H40N4O6/c1-4-29(3)28(39)31-22(18-20-12-7-5-8-13-20)27(38)33-17-11-15-23(33)26(37)30-21(25(36)32-29)14-9-6-10-16-24(35)19(2)34/h5,7-8,10,12-13,16,19,21-23,34H,4,6,9,11,14-15,17-18H2,1-3H3,(H,30,37)(H,31,39)(H,32,36)/b16-10+/t19-,21+,22+,23-,29+/m1/s1. The SMILES string of the molecule is CC[C@]1(C)NC(=O)[C@H](CCC/C=C/C(=O)[C@@H](C)O)NC(=O)[C@H]2CCCN2C(=O)[C@H](Cc2ccccc2)NC1=O. The topological polar surface area (TPSA) is 145 Å². The number of carbonyl (C=O) groups excluding carboxylic acids is 5. The molecule has 2 saturated heterocycles. The third kappa shape index (κ3) is 7.75. The van der Waals surface area contributed by atoms with Gasteiger partial charge in [0, 0.05) is 13.0 Å². The van der Waals surface area contributed by atoms with Gasteiger partial charge in [-0.2, -0.15) is 0 Å². The summed E-state index contributed by atoms with van der Waals surface area (Å²) >= 11 is 0. The summed E-state index contributed by atoms with van der Waals surface area (Å²) in [5.74, 6) is -2.08. The molecule has 1 aromatic rings. The summed E-state index contributed by atoms with van der Waals surface area (Å²) in [4.78, 5) is 67.1. The van der Waals surface area contributed by atoms with Crippen molar-refractivity contribution < 1.29 is 29.1 Å². The predicted molar refractivity (Wildman–Crippen MR) is 145 cm³/mol. The van der Waals surface area contributed by atoms with E-state index in [0.717, 1.165) is 5.56 Å². The number of ketones is 1. The molecular formula is C29H40N4O6. The van der Waals surface area contributed by atoms with Crippen LogP contribution in [0.2, 0.25) is 0 Å². The Hall–Kier alpha value is -3.53. The summed E-state index contributed by atoms with van der Waals surface area (Å²) in [6.07, 6.45) is 4.68. The number of benzene rings is 1. The van der Waals surface area contributed by atoms with Crippen LogP contribution in [-0.4, -0.2) is 75.7 Å². The molecule has 10 heteroatoms. The average Bonchev–Trinajstić information content (AvgIpc) is 3.41. The second-order valence-corrected chi connectivity index (χ2v) is 10.6. The van der Waals surface area contributed by atoms with Gasteiger partial charge >= 0.3 is 0 Å². The fourth-order valence-corrected chi connectivity index (χ4v) is 4.85. The average molecular weight is 541 g/mol. The van der Waals surface area contributed by atoms with Crippen LogP contribution >= 0.6 is 0 Å². The summed E-state index contributed by atoms with van der Waals surface area (Å²) in [5.41, 5.74) is -0.433. The van der Waals surface area contributed by atoms with Crippen LogP contribution in [0.5, 0.6) is 0 Å². The maximum Gasteiger partial charge on any atom is 0.246 e. The number of amides is 4. The van der Waals surface area contributed by atoms with Crippen LogP contribution in [0.4, 0.5) is 0 Å². The molecule has 0 radical (unpaired) electrons. The smallest absolute Gasteiger partial charge is 0.246 e. The molecule has 0 aromatic heterocycles. The van der Waals surface area contributed by atoms with Crippen molar-refractivity contribution in [3.05, 3.63) is 48.0 Å².